The molecule has 0 radical (unpaired) electrons. The van der Waals surface area contributed by atoms with Gasteiger partial charge in [-0.25, -0.2) is 4.79 Å². The van der Waals surface area contributed by atoms with Gasteiger partial charge in [0, 0.05) is 12.6 Å². The number of carbonyl (C=O) groups is 1. The number of hydrogen-bond acceptors (Lipinski definition) is 4. The van der Waals surface area contributed by atoms with Crippen LogP contribution in [0.2, 0.25) is 0 Å². The van der Waals surface area contributed by atoms with Crippen molar-refractivity contribution in [3.05, 3.63) is 23.8 Å². The second kappa shape index (κ2) is 5.32. The molecule has 1 amide bonds. The molecule has 0 spiro atoms. The lowest BCUT2D eigenvalue weighted by Crippen LogP contribution is -2.41. The fourth-order valence-electron chi connectivity index (χ4n) is 2.33. The van der Waals surface area contributed by atoms with Crippen LogP contribution in [0.15, 0.2) is 18.2 Å². The lowest BCUT2D eigenvalue weighted by Gasteiger charge is -2.34. The molecule has 1 aliphatic heterocycles. The molecular weight excluding hydrogens is 256 g/mol. The van der Waals surface area contributed by atoms with E-state index in [0.717, 1.165) is 11.3 Å². The van der Waals surface area contributed by atoms with E-state index in [1.165, 1.54) is 0 Å². The Balaban J connectivity index is 2.39. The molecule has 0 saturated heterocycles. The minimum absolute atomic E-state index is 0.0845. The smallest absolute Gasteiger partial charge is 0.414 e. The van der Waals surface area contributed by atoms with Crippen molar-refractivity contribution in [2.24, 2.45) is 5.73 Å². The van der Waals surface area contributed by atoms with Crippen LogP contribution in [-0.2, 0) is 4.74 Å². The van der Waals surface area contributed by atoms with Crippen molar-refractivity contribution in [3.8, 4) is 5.75 Å². The first-order valence-electron chi connectivity index (χ1n) is 6.76. The monoisotopic (exact) mass is 278 g/mol. The van der Waals surface area contributed by atoms with Crippen LogP contribution < -0.4 is 15.4 Å². The number of methoxy groups -OCH3 is 1. The third kappa shape index (κ3) is 2.88. The van der Waals surface area contributed by atoms with Gasteiger partial charge in [0.05, 0.1) is 12.8 Å². The van der Waals surface area contributed by atoms with Crippen molar-refractivity contribution in [1.82, 2.24) is 0 Å². The lowest BCUT2D eigenvalue weighted by atomic mass is 9.97. The third-order valence-electron chi connectivity index (χ3n) is 3.20. The number of para-hydroxylation sites is 1. The Kier molecular flexibility index (Phi) is 3.90. The molecule has 2 rings (SSSR count). The molecule has 0 fully saturated rings. The van der Waals surface area contributed by atoms with Gasteiger partial charge in [0.1, 0.15) is 11.4 Å². The molecule has 0 aromatic heterocycles. The Labute approximate surface area is 119 Å². The van der Waals surface area contributed by atoms with Crippen LogP contribution in [0.25, 0.3) is 0 Å². The van der Waals surface area contributed by atoms with E-state index in [1.807, 2.05) is 39.0 Å². The molecule has 1 aromatic rings. The van der Waals surface area contributed by atoms with Gasteiger partial charge in [-0.1, -0.05) is 12.1 Å². The molecule has 110 valence electrons. The SMILES string of the molecule is COc1cccc2c1N(C(=O)OC(C)(C)C)CCC2N. The highest BCUT2D eigenvalue weighted by atomic mass is 16.6. The molecule has 1 unspecified atom stereocenters. The average molecular weight is 278 g/mol. The number of carbonyl (C=O) groups excluding carboxylic acids is 1. The summed E-state index contributed by atoms with van der Waals surface area (Å²) in [5.74, 6) is 0.642. The largest absolute Gasteiger partial charge is 0.495 e. The van der Waals surface area contributed by atoms with Crippen molar-refractivity contribution in [2.75, 3.05) is 18.6 Å². The van der Waals surface area contributed by atoms with Gasteiger partial charge in [0.25, 0.3) is 0 Å². The van der Waals surface area contributed by atoms with Crippen molar-refractivity contribution in [1.29, 1.82) is 0 Å². The van der Waals surface area contributed by atoms with E-state index in [0.29, 0.717) is 18.7 Å². The van der Waals surface area contributed by atoms with Crippen LogP contribution in [0.3, 0.4) is 0 Å². The van der Waals surface area contributed by atoms with Gasteiger partial charge in [0.2, 0.25) is 0 Å². The van der Waals surface area contributed by atoms with Gasteiger partial charge in [-0.2, -0.15) is 0 Å². The molecule has 1 heterocycles. The van der Waals surface area contributed by atoms with Crippen molar-refractivity contribution >= 4 is 11.8 Å². The van der Waals surface area contributed by atoms with Gasteiger partial charge in [-0.05, 0) is 38.8 Å². The molecule has 2 N–H and O–H groups in total. The molecule has 0 aliphatic carbocycles. The predicted molar refractivity (Wildman–Crippen MR) is 78.1 cm³/mol. The third-order valence-corrected chi connectivity index (χ3v) is 3.20. The minimum atomic E-state index is -0.529. The number of benzene rings is 1. The molecule has 0 saturated carbocycles. The second-order valence-corrected chi connectivity index (χ2v) is 5.93. The topological polar surface area (TPSA) is 64.8 Å². The van der Waals surface area contributed by atoms with Crippen molar-refractivity contribution < 1.29 is 14.3 Å². The van der Waals surface area contributed by atoms with E-state index in [2.05, 4.69) is 0 Å². The molecule has 5 nitrogen and oxygen atoms in total. The van der Waals surface area contributed by atoms with E-state index in [1.54, 1.807) is 12.0 Å². The number of nitrogens with zero attached hydrogens (tertiary/aromatic N) is 1. The summed E-state index contributed by atoms with van der Waals surface area (Å²) in [6.45, 7) is 6.08. The first-order valence-corrected chi connectivity index (χ1v) is 6.76. The normalized spacial score (nSPS) is 18.4. The Morgan fingerprint density at radius 3 is 2.70 bits per heavy atom. The summed E-state index contributed by atoms with van der Waals surface area (Å²) >= 11 is 0. The highest BCUT2D eigenvalue weighted by molar-refractivity contribution is 5.92. The number of nitrogens with two attached hydrogens (primary N) is 1. The van der Waals surface area contributed by atoms with Gasteiger partial charge >= 0.3 is 6.09 Å². The minimum Gasteiger partial charge on any atom is -0.495 e. The summed E-state index contributed by atoms with van der Waals surface area (Å²) in [5.41, 5.74) is 7.24. The molecular formula is C15H22N2O3. The Morgan fingerprint density at radius 2 is 2.10 bits per heavy atom. The van der Waals surface area contributed by atoms with Gasteiger partial charge < -0.3 is 15.2 Å². The summed E-state index contributed by atoms with van der Waals surface area (Å²) in [6, 6.07) is 5.56. The molecule has 20 heavy (non-hydrogen) atoms. The van der Waals surface area contributed by atoms with E-state index >= 15 is 0 Å². The number of ether oxygens (including phenoxy) is 2. The van der Waals surface area contributed by atoms with Gasteiger partial charge in [-0.15, -0.1) is 0 Å². The molecule has 1 atom stereocenters. The van der Waals surface area contributed by atoms with Gasteiger partial charge in [0.15, 0.2) is 0 Å². The van der Waals surface area contributed by atoms with Crippen molar-refractivity contribution in [2.45, 2.75) is 38.8 Å². The zero-order chi connectivity index (χ0) is 14.9. The quantitative estimate of drug-likeness (QED) is 0.858. The Bertz CT molecular complexity index is 508. The van der Waals surface area contributed by atoms with Crippen LogP contribution >= 0.6 is 0 Å². The number of amides is 1. The fourth-order valence-corrected chi connectivity index (χ4v) is 2.33. The van der Waals surface area contributed by atoms with Crippen molar-refractivity contribution in [3.63, 3.8) is 0 Å². The number of hydrogen-bond donors (Lipinski definition) is 1. The molecule has 1 aliphatic rings. The first kappa shape index (κ1) is 14.7. The van der Waals surface area contributed by atoms with Crippen LogP contribution in [0.4, 0.5) is 10.5 Å². The second-order valence-electron chi connectivity index (χ2n) is 5.93. The molecule has 5 heteroatoms. The number of fused-ring (bicyclic) bond motifs is 1. The maximum atomic E-state index is 12.4. The van der Waals surface area contributed by atoms with Crippen LogP contribution in [0, 0.1) is 0 Å². The molecule has 0 bridgehead atoms. The van der Waals surface area contributed by atoms with E-state index < -0.39 is 5.60 Å². The zero-order valence-corrected chi connectivity index (χ0v) is 12.5. The zero-order valence-electron chi connectivity index (χ0n) is 12.5. The highest BCUT2D eigenvalue weighted by Crippen LogP contribution is 2.40. The van der Waals surface area contributed by atoms with Crippen LogP contribution in [0.5, 0.6) is 5.75 Å². The maximum Gasteiger partial charge on any atom is 0.414 e. The van der Waals surface area contributed by atoms with E-state index in [9.17, 15) is 4.79 Å². The average Bonchev–Trinajstić information content (AvgIpc) is 2.36. The van der Waals surface area contributed by atoms with E-state index in [-0.39, 0.29) is 12.1 Å². The fraction of sp³-hybridized carbons (Fsp3) is 0.533. The van der Waals surface area contributed by atoms with Crippen LogP contribution in [-0.4, -0.2) is 25.3 Å². The first-order chi connectivity index (χ1) is 9.33. The number of rotatable bonds is 1. The van der Waals surface area contributed by atoms with Crippen LogP contribution in [0.1, 0.15) is 38.8 Å². The summed E-state index contributed by atoms with van der Waals surface area (Å²) in [4.78, 5) is 14.0. The summed E-state index contributed by atoms with van der Waals surface area (Å²) in [7, 11) is 1.59. The van der Waals surface area contributed by atoms with E-state index in [4.69, 9.17) is 15.2 Å². The standard InChI is InChI=1S/C15H22N2O3/c1-15(2,3)20-14(18)17-9-8-11(16)10-6-5-7-12(19-4)13(10)17/h5-7,11H,8-9,16H2,1-4H3. The highest BCUT2D eigenvalue weighted by Gasteiger charge is 2.32. The summed E-state index contributed by atoms with van der Waals surface area (Å²) in [6.07, 6.45) is 0.342. The summed E-state index contributed by atoms with van der Waals surface area (Å²) < 4.78 is 10.8. The Hall–Kier alpha value is -1.75. The molecule has 1 aromatic carbocycles. The number of anilines is 1. The summed E-state index contributed by atoms with van der Waals surface area (Å²) in [5, 5.41) is 0. The van der Waals surface area contributed by atoms with Gasteiger partial charge in [-0.3, -0.25) is 4.90 Å². The lowest BCUT2D eigenvalue weighted by molar-refractivity contribution is 0.0575. The maximum absolute atomic E-state index is 12.4. The predicted octanol–water partition coefficient (Wildman–Crippen LogP) is 2.84. The Morgan fingerprint density at radius 1 is 1.40 bits per heavy atom.